The second kappa shape index (κ2) is 8.66. The number of hydrogen-bond donors (Lipinski definition) is 0. The van der Waals surface area contributed by atoms with Gasteiger partial charge in [0.2, 0.25) is 0 Å². The number of thiophene rings is 1. The highest BCUT2D eigenvalue weighted by molar-refractivity contribution is 7.93. The summed E-state index contributed by atoms with van der Waals surface area (Å²) in [5, 5.41) is 10.3. The van der Waals surface area contributed by atoms with Crippen LogP contribution in [0, 0.1) is 18.3 Å². The van der Waals surface area contributed by atoms with Gasteiger partial charge in [-0.1, -0.05) is 18.2 Å². The van der Waals surface area contributed by atoms with E-state index in [1.807, 2.05) is 37.3 Å². The molecule has 4 nitrogen and oxygen atoms in total. The number of alkyl halides is 3. The van der Waals surface area contributed by atoms with E-state index in [9.17, 15) is 21.6 Å². The molecule has 0 aliphatic heterocycles. The van der Waals surface area contributed by atoms with E-state index in [0.29, 0.717) is 10.6 Å². The van der Waals surface area contributed by atoms with Gasteiger partial charge in [-0.3, -0.25) is 4.31 Å². The molecule has 0 saturated heterocycles. The van der Waals surface area contributed by atoms with Gasteiger partial charge in [0.1, 0.15) is 5.00 Å². The third-order valence-corrected chi connectivity index (χ3v) is 7.91. The normalized spacial score (nSPS) is 12.1. The largest absolute Gasteiger partial charge is 0.389 e. The summed E-state index contributed by atoms with van der Waals surface area (Å²) in [6.07, 6.45) is -5.32. The zero-order chi connectivity index (χ0) is 21.9. The van der Waals surface area contributed by atoms with E-state index >= 15 is 0 Å². The molecule has 0 saturated carbocycles. The monoisotopic (exact) mass is 452 g/mol. The molecule has 2 aromatic carbocycles. The third kappa shape index (κ3) is 4.77. The van der Waals surface area contributed by atoms with Crippen molar-refractivity contribution in [2.75, 3.05) is 10.8 Å². The van der Waals surface area contributed by atoms with Crippen molar-refractivity contribution < 1.29 is 21.6 Å². The molecule has 3 aromatic rings. The SMILES string of the molecule is Cc1c(N(CCCCC(F)(F)F)S(=O)(=O)c2ccc(C#N)cc2)sc2ccccc12. The van der Waals surface area contributed by atoms with E-state index < -0.39 is 22.6 Å². The number of unbranched alkanes of at least 4 members (excludes halogenated alkanes) is 1. The van der Waals surface area contributed by atoms with Gasteiger partial charge in [0, 0.05) is 17.7 Å². The standard InChI is InChI=1S/C21H19F3N2O2S2/c1-15-18-6-2-3-7-19(18)29-20(15)26(13-5-4-12-21(22,23)24)30(27,28)17-10-8-16(14-25)9-11-17/h2-3,6-11H,4-5,12-13H2,1H3. The lowest BCUT2D eigenvalue weighted by Crippen LogP contribution is -2.32. The molecule has 0 fully saturated rings. The smallest absolute Gasteiger partial charge is 0.257 e. The van der Waals surface area contributed by atoms with Gasteiger partial charge in [0.25, 0.3) is 10.0 Å². The van der Waals surface area contributed by atoms with Crippen LogP contribution in [-0.4, -0.2) is 21.1 Å². The van der Waals surface area contributed by atoms with Crippen molar-refractivity contribution in [2.24, 2.45) is 0 Å². The Labute approximate surface area is 177 Å². The number of anilines is 1. The maximum atomic E-state index is 13.4. The quantitative estimate of drug-likeness (QED) is 0.413. The Hall–Kier alpha value is -2.57. The molecule has 0 spiro atoms. The molecule has 0 unspecified atom stereocenters. The van der Waals surface area contributed by atoms with Crippen molar-refractivity contribution >= 4 is 36.4 Å². The number of halogens is 3. The number of nitriles is 1. The summed E-state index contributed by atoms with van der Waals surface area (Å²) in [5.41, 5.74) is 1.09. The van der Waals surface area contributed by atoms with Crippen LogP contribution < -0.4 is 4.31 Å². The van der Waals surface area contributed by atoms with E-state index in [1.165, 1.54) is 39.9 Å². The Balaban J connectivity index is 1.99. The van der Waals surface area contributed by atoms with E-state index in [-0.39, 0.29) is 24.3 Å². The molecular formula is C21H19F3N2O2S2. The molecule has 30 heavy (non-hydrogen) atoms. The topological polar surface area (TPSA) is 61.2 Å². The van der Waals surface area contributed by atoms with Crippen LogP contribution in [0.5, 0.6) is 0 Å². The number of nitrogens with zero attached hydrogens (tertiary/aromatic N) is 2. The minimum absolute atomic E-state index is 0.00539. The van der Waals surface area contributed by atoms with Gasteiger partial charge in [0.15, 0.2) is 0 Å². The predicted molar refractivity (Wildman–Crippen MR) is 112 cm³/mol. The molecule has 1 aromatic heterocycles. The summed E-state index contributed by atoms with van der Waals surface area (Å²) in [7, 11) is -4.01. The van der Waals surface area contributed by atoms with Gasteiger partial charge in [-0.2, -0.15) is 18.4 Å². The van der Waals surface area contributed by atoms with Gasteiger partial charge >= 0.3 is 6.18 Å². The first-order valence-corrected chi connectivity index (χ1v) is 11.5. The number of aryl methyl sites for hydroxylation is 1. The zero-order valence-corrected chi connectivity index (χ0v) is 17.7. The Bertz CT molecular complexity index is 1180. The van der Waals surface area contributed by atoms with E-state index in [0.717, 1.165) is 15.6 Å². The van der Waals surface area contributed by atoms with Crippen LogP contribution in [-0.2, 0) is 10.0 Å². The second-order valence-corrected chi connectivity index (χ2v) is 9.71. The lowest BCUT2D eigenvalue weighted by Gasteiger charge is -2.24. The number of fused-ring (bicyclic) bond motifs is 1. The van der Waals surface area contributed by atoms with Crippen molar-refractivity contribution in [1.82, 2.24) is 0 Å². The molecule has 0 radical (unpaired) electrons. The number of rotatable bonds is 7. The summed E-state index contributed by atoms with van der Waals surface area (Å²) in [6.45, 7) is 1.75. The number of benzene rings is 2. The fourth-order valence-electron chi connectivity index (χ4n) is 3.14. The predicted octanol–water partition coefficient (Wildman–Crippen LogP) is 6.01. The molecule has 3 rings (SSSR count). The first-order chi connectivity index (χ1) is 14.1. The first-order valence-electron chi connectivity index (χ1n) is 9.21. The van der Waals surface area contributed by atoms with Crippen LogP contribution >= 0.6 is 11.3 Å². The second-order valence-electron chi connectivity index (χ2n) is 6.81. The summed E-state index contributed by atoms with van der Waals surface area (Å²) >= 11 is 1.30. The van der Waals surface area contributed by atoms with Gasteiger partial charge in [-0.05, 0) is 61.0 Å². The van der Waals surface area contributed by atoms with Gasteiger partial charge in [0.05, 0.1) is 16.5 Å². The average molecular weight is 453 g/mol. The lowest BCUT2D eigenvalue weighted by atomic mass is 10.2. The Morgan fingerprint density at radius 2 is 1.73 bits per heavy atom. The number of sulfonamides is 1. The minimum atomic E-state index is -4.27. The molecule has 0 amide bonds. The summed E-state index contributed by atoms with van der Waals surface area (Å²) in [6, 6.07) is 14.9. The highest BCUT2D eigenvalue weighted by Crippen LogP contribution is 2.40. The van der Waals surface area contributed by atoms with Gasteiger partial charge in [-0.15, -0.1) is 11.3 Å². The average Bonchev–Trinajstić information content (AvgIpc) is 3.03. The zero-order valence-electron chi connectivity index (χ0n) is 16.1. The van der Waals surface area contributed by atoms with Crippen LogP contribution in [0.3, 0.4) is 0 Å². The highest BCUT2D eigenvalue weighted by atomic mass is 32.2. The van der Waals surface area contributed by atoms with Gasteiger partial charge in [-0.25, -0.2) is 8.42 Å². The molecule has 0 aliphatic rings. The lowest BCUT2D eigenvalue weighted by molar-refractivity contribution is -0.135. The molecule has 0 N–H and O–H groups in total. The number of hydrogen-bond acceptors (Lipinski definition) is 4. The minimum Gasteiger partial charge on any atom is -0.257 e. The fourth-order valence-corrected chi connectivity index (χ4v) is 6.15. The van der Waals surface area contributed by atoms with Crippen LogP contribution in [0.4, 0.5) is 18.2 Å². The molecular weight excluding hydrogens is 433 g/mol. The van der Waals surface area contributed by atoms with Crippen LogP contribution in [0.1, 0.15) is 30.4 Å². The molecule has 0 aliphatic carbocycles. The Kier molecular flexibility index (Phi) is 6.38. The molecule has 9 heteroatoms. The van der Waals surface area contributed by atoms with Crippen LogP contribution in [0.2, 0.25) is 0 Å². The van der Waals surface area contributed by atoms with E-state index in [4.69, 9.17) is 5.26 Å². The van der Waals surface area contributed by atoms with Crippen molar-refractivity contribution in [3.8, 4) is 6.07 Å². The summed E-state index contributed by atoms with van der Waals surface area (Å²) in [5.74, 6) is 0. The molecule has 158 valence electrons. The van der Waals surface area contributed by atoms with Crippen molar-refractivity contribution in [3.05, 3.63) is 59.7 Å². The maximum absolute atomic E-state index is 13.4. The fraction of sp³-hybridized carbons (Fsp3) is 0.286. The van der Waals surface area contributed by atoms with Crippen LogP contribution in [0.15, 0.2) is 53.4 Å². The van der Waals surface area contributed by atoms with Crippen molar-refractivity contribution in [1.29, 1.82) is 5.26 Å². The van der Waals surface area contributed by atoms with E-state index in [2.05, 4.69) is 0 Å². The first kappa shape index (κ1) is 22.1. The summed E-state index contributed by atoms with van der Waals surface area (Å²) < 4.78 is 66.4. The third-order valence-electron chi connectivity index (χ3n) is 4.69. The van der Waals surface area contributed by atoms with Gasteiger partial charge < -0.3 is 0 Å². The molecule has 0 atom stereocenters. The van der Waals surface area contributed by atoms with Crippen LogP contribution in [0.25, 0.3) is 10.1 Å². The summed E-state index contributed by atoms with van der Waals surface area (Å²) in [4.78, 5) is -0.00539. The highest BCUT2D eigenvalue weighted by Gasteiger charge is 2.30. The van der Waals surface area contributed by atoms with Crippen molar-refractivity contribution in [2.45, 2.75) is 37.3 Å². The Morgan fingerprint density at radius 1 is 1.07 bits per heavy atom. The van der Waals surface area contributed by atoms with Crippen molar-refractivity contribution in [3.63, 3.8) is 0 Å². The molecule has 0 bridgehead atoms. The Morgan fingerprint density at radius 3 is 2.33 bits per heavy atom. The maximum Gasteiger partial charge on any atom is 0.389 e. The van der Waals surface area contributed by atoms with E-state index in [1.54, 1.807) is 0 Å². The molecule has 1 heterocycles.